The van der Waals surface area contributed by atoms with Crippen LogP contribution in [-0.4, -0.2) is 43.4 Å². The number of Topliss-reactive ketones (excluding diaryl/α,β-unsaturated/α-hetero) is 1. The van der Waals surface area contributed by atoms with Gasteiger partial charge in [-0.2, -0.15) is 0 Å². The molecular formula is C20H28N2O5. The van der Waals surface area contributed by atoms with Crippen LogP contribution in [0.5, 0.6) is 11.5 Å². The first kappa shape index (κ1) is 20.7. The molecule has 0 atom stereocenters. The number of carbonyl (C=O) groups excluding carboxylic acids is 3. The van der Waals surface area contributed by atoms with Crippen molar-refractivity contribution < 1.29 is 23.9 Å². The quantitative estimate of drug-likeness (QED) is 0.536. The summed E-state index contributed by atoms with van der Waals surface area (Å²) in [5.41, 5.74) is 0.221. The van der Waals surface area contributed by atoms with Gasteiger partial charge in [-0.05, 0) is 44.9 Å². The number of hydrogen-bond donors (Lipinski definition) is 2. The molecule has 0 heterocycles. The average Bonchev–Trinajstić information content (AvgIpc) is 2.65. The Kier molecular flexibility index (Phi) is 7.64. The molecule has 7 nitrogen and oxygen atoms in total. The first-order valence-corrected chi connectivity index (χ1v) is 9.36. The SMILES string of the molecule is COc1cc(C(=O)C(=O)NC2CCCCC2)ccc1OCC(=O)NC(C)C. The van der Waals surface area contributed by atoms with E-state index in [2.05, 4.69) is 10.6 Å². The fraction of sp³-hybridized carbons (Fsp3) is 0.550. The molecule has 0 spiro atoms. The zero-order valence-corrected chi connectivity index (χ0v) is 16.2. The zero-order valence-electron chi connectivity index (χ0n) is 16.2. The van der Waals surface area contributed by atoms with Crippen LogP contribution in [0.15, 0.2) is 18.2 Å². The molecule has 7 heteroatoms. The van der Waals surface area contributed by atoms with Gasteiger partial charge >= 0.3 is 0 Å². The molecule has 0 bridgehead atoms. The van der Waals surface area contributed by atoms with Gasteiger partial charge in [0.2, 0.25) is 5.78 Å². The van der Waals surface area contributed by atoms with Crippen LogP contribution in [0.25, 0.3) is 0 Å². The van der Waals surface area contributed by atoms with Gasteiger partial charge in [0, 0.05) is 17.6 Å². The van der Waals surface area contributed by atoms with Crippen molar-refractivity contribution in [2.75, 3.05) is 13.7 Å². The molecule has 2 rings (SSSR count). The molecule has 1 fully saturated rings. The molecule has 1 aliphatic carbocycles. The first-order valence-electron chi connectivity index (χ1n) is 9.36. The largest absolute Gasteiger partial charge is 0.493 e. The van der Waals surface area contributed by atoms with E-state index in [9.17, 15) is 14.4 Å². The second kappa shape index (κ2) is 9.94. The second-order valence-electron chi connectivity index (χ2n) is 7.01. The number of ether oxygens (including phenoxy) is 2. The van der Waals surface area contributed by atoms with Gasteiger partial charge in [-0.25, -0.2) is 0 Å². The number of carbonyl (C=O) groups is 3. The van der Waals surface area contributed by atoms with Crippen molar-refractivity contribution >= 4 is 17.6 Å². The fourth-order valence-electron chi connectivity index (χ4n) is 3.06. The molecule has 2 amide bonds. The lowest BCUT2D eigenvalue weighted by atomic mass is 9.95. The molecule has 0 saturated heterocycles. The summed E-state index contributed by atoms with van der Waals surface area (Å²) < 4.78 is 10.7. The molecule has 148 valence electrons. The van der Waals surface area contributed by atoms with E-state index in [1.54, 1.807) is 0 Å². The molecule has 1 aromatic carbocycles. The van der Waals surface area contributed by atoms with E-state index in [0.717, 1.165) is 25.7 Å². The summed E-state index contributed by atoms with van der Waals surface area (Å²) in [6, 6.07) is 4.58. The van der Waals surface area contributed by atoms with E-state index in [0.29, 0.717) is 11.5 Å². The minimum Gasteiger partial charge on any atom is -0.493 e. The Balaban J connectivity index is 1.99. The number of benzene rings is 1. The highest BCUT2D eigenvalue weighted by Crippen LogP contribution is 2.28. The van der Waals surface area contributed by atoms with Crippen LogP contribution in [0.2, 0.25) is 0 Å². The van der Waals surface area contributed by atoms with Gasteiger partial charge in [0.05, 0.1) is 7.11 Å². The van der Waals surface area contributed by atoms with Crippen LogP contribution < -0.4 is 20.1 Å². The van der Waals surface area contributed by atoms with Crippen molar-refractivity contribution in [1.29, 1.82) is 0 Å². The molecule has 0 unspecified atom stereocenters. The summed E-state index contributed by atoms with van der Waals surface area (Å²) in [6.07, 6.45) is 5.14. The number of nitrogens with one attached hydrogen (secondary N) is 2. The molecule has 2 N–H and O–H groups in total. The number of methoxy groups -OCH3 is 1. The number of ketones is 1. The normalized spacial score (nSPS) is 14.5. The van der Waals surface area contributed by atoms with E-state index in [-0.39, 0.29) is 30.2 Å². The lowest BCUT2D eigenvalue weighted by Crippen LogP contribution is -2.40. The van der Waals surface area contributed by atoms with E-state index < -0.39 is 11.7 Å². The Hall–Kier alpha value is -2.57. The highest BCUT2D eigenvalue weighted by atomic mass is 16.5. The Labute approximate surface area is 159 Å². The molecule has 0 radical (unpaired) electrons. The van der Waals surface area contributed by atoms with Crippen LogP contribution >= 0.6 is 0 Å². The van der Waals surface area contributed by atoms with E-state index in [4.69, 9.17) is 9.47 Å². The highest BCUT2D eigenvalue weighted by Gasteiger charge is 2.22. The Morgan fingerprint density at radius 3 is 2.44 bits per heavy atom. The van der Waals surface area contributed by atoms with Gasteiger partial charge in [0.15, 0.2) is 18.1 Å². The summed E-state index contributed by atoms with van der Waals surface area (Å²) >= 11 is 0. The van der Waals surface area contributed by atoms with Crippen molar-refractivity contribution in [3.8, 4) is 11.5 Å². The smallest absolute Gasteiger partial charge is 0.292 e. The average molecular weight is 376 g/mol. The number of amides is 2. The maximum atomic E-state index is 12.4. The zero-order chi connectivity index (χ0) is 19.8. The van der Waals surface area contributed by atoms with Gasteiger partial charge in [0.1, 0.15) is 0 Å². The Morgan fingerprint density at radius 1 is 1.11 bits per heavy atom. The third-order valence-corrected chi connectivity index (χ3v) is 4.38. The van der Waals surface area contributed by atoms with E-state index >= 15 is 0 Å². The summed E-state index contributed by atoms with van der Waals surface area (Å²) in [5, 5.41) is 5.54. The molecule has 0 aliphatic heterocycles. The molecule has 1 aliphatic rings. The second-order valence-corrected chi connectivity index (χ2v) is 7.01. The molecular weight excluding hydrogens is 348 g/mol. The highest BCUT2D eigenvalue weighted by molar-refractivity contribution is 6.42. The maximum Gasteiger partial charge on any atom is 0.292 e. The Morgan fingerprint density at radius 2 is 1.81 bits per heavy atom. The lowest BCUT2D eigenvalue weighted by molar-refractivity contribution is -0.123. The van der Waals surface area contributed by atoms with Gasteiger partial charge < -0.3 is 20.1 Å². The van der Waals surface area contributed by atoms with Crippen molar-refractivity contribution in [3.05, 3.63) is 23.8 Å². The van der Waals surface area contributed by atoms with Crippen LogP contribution in [0.1, 0.15) is 56.3 Å². The summed E-state index contributed by atoms with van der Waals surface area (Å²) in [4.78, 5) is 36.3. The summed E-state index contributed by atoms with van der Waals surface area (Å²) in [5.74, 6) is -0.833. The van der Waals surface area contributed by atoms with E-state index in [1.807, 2.05) is 13.8 Å². The van der Waals surface area contributed by atoms with Crippen molar-refractivity contribution in [2.45, 2.75) is 58.0 Å². The lowest BCUT2D eigenvalue weighted by Gasteiger charge is -2.22. The fourth-order valence-corrected chi connectivity index (χ4v) is 3.06. The predicted octanol–water partition coefficient (Wildman–Crippen LogP) is 2.23. The van der Waals surface area contributed by atoms with Crippen LogP contribution in [0.3, 0.4) is 0 Å². The molecule has 0 aromatic heterocycles. The number of hydrogen-bond acceptors (Lipinski definition) is 5. The van der Waals surface area contributed by atoms with Gasteiger partial charge in [-0.1, -0.05) is 19.3 Å². The van der Waals surface area contributed by atoms with E-state index in [1.165, 1.54) is 31.7 Å². The molecule has 1 aromatic rings. The number of rotatable bonds is 8. The Bertz CT molecular complexity index is 681. The third kappa shape index (κ3) is 6.27. The standard InChI is InChI=1S/C20H28N2O5/c1-13(2)21-18(23)12-27-16-10-9-14(11-17(16)26-3)19(24)20(25)22-15-7-5-4-6-8-15/h9-11,13,15H,4-8,12H2,1-3H3,(H,21,23)(H,22,25). The third-order valence-electron chi connectivity index (χ3n) is 4.38. The van der Waals surface area contributed by atoms with Gasteiger partial charge in [0.25, 0.3) is 11.8 Å². The minimum atomic E-state index is -0.608. The molecule has 27 heavy (non-hydrogen) atoms. The monoisotopic (exact) mass is 376 g/mol. The minimum absolute atomic E-state index is 0.0191. The summed E-state index contributed by atoms with van der Waals surface area (Å²) in [7, 11) is 1.44. The van der Waals surface area contributed by atoms with Crippen LogP contribution in [0, 0.1) is 0 Å². The predicted molar refractivity (Wildman–Crippen MR) is 101 cm³/mol. The summed E-state index contributed by atoms with van der Waals surface area (Å²) in [6.45, 7) is 3.55. The van der Waals surface area contributed by atoms with Crippen molar-refractivity contribution in [3.63, 3.8) is 0 Å². The van der Waals surface area contributed by atoms with Crippen LogP contribution in [-0.2, 0) is 9.59 Å². The van der Waals surface area contributed by atoms with Crippen molar-refractivity contribution in [2.24, 2.45) is 0 Å². The molecule has 1 saturated carbocycles. The van der Waals surface area contributed by atoms with Gasteiger partial charge in [-0.3, -0.25) is 14.4 Å². The van der Waals surface area contributed by atoms with Crippen LogP contribution in [0.4, 0.5) is 0 Å². The van der Waals surface area contributed by atoms with Gasteiger partial charge in [-0.15, -0.1) is 0 Å². The maximum absolute atomic E-state index is 12.4. The topological polar surface area (TPSA) is 93.7 Å². The van der Waals surface area contributed by atoms with Crippen molar-refractivity contribution in [1.82, 2.24) is 10.6 Å². The first-order chi connectivity index (χ1) is 12.9.